The Kier molecular flexibility index (Phi) is 4.81. The van der Waals surface area contributed by atoms with Crippen LogP contribution in [0.25, 0.3) is 0 Å². The van der Waals surface area contributed by atoms with Crippen LogP contribution < -0.4 is 4.74 Å². The number of likely N-dealkylation sites (tertiary alicyclic amines) is 1. The zero-order valence-electron chi connectivity index (χ0n) is 13.0. The zero-order chi connectivity index (χ0) is 14.7. The molecule has 3 nitrogen and oxygen atoms in total. The molecule has 1 saturated carbocycles. The van der Waals surface area contributed by atoms with E-state index in [0.717, 1.165) is 43.7 Å². The molecule has 1 saturated heterocycles. The number of aliphatic hydroxyl groups excluding tert-OH is 1. The number of hydrogen-bond donors (Lipinski definition) is 1. The Hall–Kier alpha value is -1.06. The summed E-state index contributed by atoms with van der Waals surface area (Å²) in [6.07, 6.45) is 6.66. The average molecular weight is 289 g/mol. The van der Waals surface area contributed by atoms with Gasteiger partial charge in [-0.2, -0.15) is 0 Å². The second-order valence-corrected chi connectivity index (χ2v) is 6.51. The van der Waals surface area contributed by atoms with Gasteiger partial charge >= 0.3 is 0 Å². The predicted octanol–water partition coefficient (Wildman–Crippen LogP) is 3.14. The van der Waals surface area contributed by atoms with Crippen molar-refractivity contribution in [1.82, 2.24) is 4.90 Å². The highest BCUT2D eigenvalue weighted by atomic mass is 16.5. The molecule has 3 heteroatoms. The van der Waals surface area contributed by atoms with Gasteiger partial charge in [-0.3, -0.25) is 4.90 Å². The van der Waals surface area contributed by atoms with Crippen LogP contribution in [-0.4, -0.2) is 41.3 Å². The first kappa shape index (κ1) is 14.9. The fourth-order valence-corrected chi connectivity index (χ4v) is 3.75. The minimum absolute atomic E-state index is 0.0632. The van der Waals surface area contributed by atoms with Crippen molar-refractivity contribution in [2.75, 3.05) is 13.1 Å². The van der Waals surface area contributed by atoms with E-state index in [4.69, 9.17) is 4.74 Å². The van der Waals surface area contributed by atoms with E-state index < -0.39 is 0 Å². The summed E-state index contributed by atoms with van der Waals surface area (Å²) in [5.74, 6) is 0.917. The summed E-state index contributed by atoms with van der Waals surface area (Å²) in [4.78, 5) is 2.49. The maximum Gasteiger partial charge on any atom is 0.126 e. The molecule has 1 aliphatic carbocycles. The molecule has 2 fully saturated rings. The Balaban J connectivity index is 1.67. The summed E-state index contributed by atoms with van der Waals surface area (Å²) >= 11 is 0. The number of rotatable bonds is 3. The molecule has 1 heterocycles. The van der Waals surface area contributed by atoms with Gasteiger partial charge in [0.1, 0.15) is 18.0 Å². The third kappa shape index (κ3) is 3.41. The first-order chi connectivity index (χ1) is 10.3. The van der Waals surface area contributed by atoms with E-state index in [1.165, 1.54) is 19.3 Å². The van der Waals surface area contributed by atoms with E-state index in [1.54, 1.807) is 0 Å². The zero-order valence-corrected chi connectivity index (χ0v) is 13.0. The summed E-state index contributed by atoms with van der Waals surface area (Å²) < 4.78 is 6.14. The average Bonchev–Trinajstić information content (AvgIpc) is 2.52. The van der Waals surface area contributed by atoms with E-state index in [9.17, 15) is 5.11 Å². The van der Waals surface area contributed by atoms with Gasteiger partial charge in [0, 0.05) is 6.04 Å². The van der Waals surface area contributed by atoms with Gasteiger partial charge in [0.25, 0.3) is 0 Å². The highest BCUT2D eigenvalue weighted by Crippen LogP contribution is 2.30. The Bertz CT molecular complexity index is 456. The molecule has 1 aliphatic heterocycles. The molecule has 0 unspecified atom stereocenters. The molecule has 0 amide bonds. The van der Waals surface area contributed by atoms with Gasteiger partial charge in [-0.25, -0.2) is 0 Å². The first-order valence-corrected chi connectivity index (χ1v) is 8.40. The Labute approximate surface area is 127 Å². The molecule has 2 aliphatic rings. The maximum atomic E-state index is 10.8. The van der Waals surface area contributed by atoms with E-state index >= 15 is 0 Å². The van der Waals surface area contributed by atoms with Crippen LogP contribution in [0.1, 0.15) is 44.1 Å². The fourth-order valence-electron chi connectivity index (χ4n) is 3.75. The van der Waals surface area contributed by atoms with Crippen LogP contribution in [0.3, 0.4) is 0 Å². The molecular weight excluding hydrogens is 262 g/mol. The van der Waals surface area contributed by atoms with Gasteiger partial charge in [0.2, 0.25) is 0 Å². The minimum atomic E-state index is -0.364. The molecule has 1 N–H and O–H groups in total. The third-order valence-corrected chi connectivity index (χ3v) is 5.00. The summed E-state index contributed by atoms with van der Waals surface area (Å²) in [7, 11) is 0. The second kappa shape index (κ2) is 6.80. The van der Waals surface area contributed by atoms with Gasteiger partial charge in [0.15, 0.2) is 0 Å². The third-order valence-electron chi connectivity index (χ3n) is 5.00. The van der Waals surface area contributed by atoms with Gasteiger partial charge in [-0.05, 0) is 63.7 Å². The second-order valence-electron chi connectivity index (χ2n) is 6.51. The van der Waals surface area contributed by atoms with Crippen LogP contribution in [0.2, 0.25) is 0 Å². The van der Waals surface area contributed by atoms with Gasteiger partial charge in [0.05, 0.1) is 0 Å². The number of aryl methyl sites for hydroxylation is 1. The molecule has 3 atom stereocenters. The highest BCUT2D eigenvalue weighted by molar-refractivity contribution is 5.32. The number of aliphatic hydroxyl groups is 1. The maximum absolute atomic E-state index is 10.8. The van der Waals surface area contributed by atoms with Gasteiger partial charge in [-0.1, -0.05) is 24.6 Å². The molecule has 1 aromatic carbocycles. The van der Waals surface area contributed by atoms with Crippen molar-refractivity contribution in [2.24, 2.45) is 0 Å². The quantitative estimate of drug-likeness (QED) is 0.928. The van der Waals surface area contributed by atoms with Crippen molar-refractivity contribution >= 4 is 0 Å². The van der Waals surface area contributed by atoms with Gasteiger partial charge < -0.3 is 9.84 Å². The van der Waals surface area contributed by atoms with Crippen LogP contribution in [-0.2, 0) is 0 Å². The van der Waals surface area contributed by atoms with Crippen molar-refractivity contribution in [2.45, 2.75) is 63.7 Å². The summed E-state index contributed by atoms with van der Waals surface area (Å²) in [6, 6.07) is 8.38. The Morgan fingerprint density at radius 2 is 1.81 bits per heavy atom. The van der Waals surface area contributed by atoms with Crippen LogP contribution in [0.5, 0.6) is 5.75 Å². The van der Waals surface area contributed by atoms with Crippen molar-refractivity contribution in [3.63, 3.8) is 0 Å². The van der Waals surface area contributed by atoms with Crippen molar-refractivity contribution in [1.29, 1.82) is 0 Å². The minimum Gasteiger partial charge on any atom is -0.487 e. The van der Waals surface area contributed by atoms with Crippen LogP contribution >= 0.6 is 0 Å². The standard InChI is InChI=1S/C18H27NO2/c1-14-8-3-4-10-16(14)21-17-11-7-9-15(18(17)20)19-12-5-2-6-13-19/h3-4,8,10,15,17-18,20H,2,5-7,9,11-13H2,1H3/t15-,17+,18+/m0/s1. The van der Waals surface area contributed by atoms with E-state index in [1.807, 2.05) is 18.2 Å². The molecular formula is C18H27NO2. The normalized spacial score (nSPS) is 31.0. The van der Waals surface area contributed by atoms with E-state index in [2.05, 4.69) is 17.9 Å². The van der Waals surface area contributed by atoms with Crippen LogP contribution in [0.4, 0.5) is 0 Å². The molecule has 3 rings (SSSR count). The Morgan fingerprint density at radius 3 is 2.57 bits per heavy atom. The molecule has 0 aromatic heterocycles. The largest absolute Gasteiger partial charge is 0.487 e. The molecule has 116 valence electrons. The Morgan fingerprint density at radius 1 is 1.05 bits per heavy atom. The van der Waals surface area contributed by atoms with Crippen molar-refractivity contribution < 1.29 is 9.84 Å². The SMILES string of the molecule is Cc1ccccc1O[C@@H]1CCC[C@H](N2CCCCC2)[C@H]1O. The predicted molar refractivity (Wildman–Crippen MR) is 84.7 cm³/mol. The van der Waals surface area contributed by atoms with Crippen molar-refractivity contribution in [3.05, 3.63) is 29.8 Å². The highest BCUT2D eigenvalue weighted by Gasteiger charge is 2.37. The summed E-state index contributed by atoms with van der Waals surface area (Å²) in [5, 5.41) is 10.8. The smallest absolute Gasteiger partial charge is 0.126 e. The topological polar surface area (TPSA) is 32.7 Å². The number of hydrogen-bond acceptors (Lipinski definition) is 3. The van der Waals surface area contributed by atoms with Crippen LogP contribution in [0, 0.1) is 6.92 Å². The summed E-state index contributed by atoms with van der Waals surface area (Å²) in [5.41, 5.74) is 1.14. The lowest BCUT2D eigenvalue weighted by Crippen LogP contribution is -2.54. The lowest BCUT2D eigenvalue weighted by Gasteiger charge is -2.42. The van der Waals surface area contributed by atoms with Crippen molar-refractivity contribution in [3.8, 4) is 5.75 Å². The van der Waals surface area contributed by atoms with E-state index in [-0.39, 0.29) is 18.2 Å². The number of piperidine rings is 1. The molecule has 0 radical (unpaired) electrons. The number of ether oxygens (including phenoxy) is 1. The van der Waals surface area contributed by atoms with Gasteiger partial charge in [-0.15, -0.1) is 0 Å². The lowest BCUT2D eigenvalue weighted by atomic mass is 9.87. The number of benzene rings is 1. The number of para-hydroxylation sites is 1. The van der Waals surface area contributed by atoms with E-state index in [0.29, 0.717) is 0 Å². The molecule has 1 aromatic rings. The summed E-state index contributed by atoms with van der Waals surface area (Å²) in [6.45, 7) is 4.34. The fraction of sp³-hybridized carbons (Fsp3) is 0.667. The number of nitrogens with zero attached hydrogens (tertiary/aromatic N) is 1. The monoisotopic (exact) mass is 289 g/mol. The van der Waals surface area contributed by atoms with Crippen LogP contribution in [0.15, 0.2) is 24.3 Å². The lowest BCUT2D eigenvalue weighted by molar-refractivity contribution is -0.0576. The molecule has 21 heavy (non-hydrogen) atoms. The molecule has 0 spiro atoms. The molecule has 0 bridgehead atoms. The first-order valence-electron chi connectivity index (χ1n) is 8.40.